The standard InChI is InChI=1S/C23H44O4Si2/c1-13-19(26-28(9,10)22(3,4)5)18-20(16-15-17-21(24)25-14-2)27-29(11,12)23(6,7)8/h13,19-20H,1,14,16,18H2,2-12H3/t19-,20-/m1/s1. The second kappa shape index (κ2) is 10.9. The molecule has 0 N–H and O–H groups in total. The molecule has 0 saturated heterocycles. The largest absolute Gasteiger partial charge is 0.456 e. The van der Waals surface area contributed by atoms with E-state index in [-0.39, 0.29) is 22.3 Å². The number of carbonyl (C=O) groups excluding carboxylic acids is 1. The molecule has 0 saturated carbocycles. The predicted molar refractivity (Wildman–Crippen MR) is 128 cm³/mol. The maximum atomic E-state index is 11.6. The molecular formula is C23H44O4Si2. The zero-order valence-corrected chi connectivity index (χ0v) is 22.7. The highest BCUT2D eigenvalue weighted by Gasteiger charge is 2.41. The van der Waals surface area contributed by atoms with Crippen molar-refractivity contribution in [1.29, 1.82) is 0 Å². The van der Waals surface area contributed by atoms with Crippen LogP contribution in [0.1, 0.15) is 61.3 Å². The van der Waals surface area contributed by atoms with E-state index in [1.54, 1.807) is 6.92 Å². The van der Waals surface area contributed by atoms with Crippen molar-refractivity contribution in [1.82, 2.24) is 0 Å². The third-order valence-electron chi connectivity index (χ3n) is 6.07. The zero-order chi connectivity index (χ0) is 23.1. The molecule has 0 fully saturated rings. The Kier molecular flexibility index (Phi) is 10.6. The van der Waals surface area contributed by atoms with Crippen LogP contribution >= 0.6 is 0 Å². The van der Waals surface area contributed by atoms with E-state index < -0.39 is 22.6 Å². The lowest BCUT2D eigenvalue weighted by molar-refractivity contribution is -0.136. The van der Waals surface area contributed by atoms with E-state index in [1.165, 1.54) is 0 Å². The number of hydrogen-bond acceptors (Lipinski definition) is 4. The molecule has 168 valence electrons. The molecule has 0 aliphatic rings. The van der Waals surface area contributed by atoms with Crippen molar-refractivity contribution in [2.24, 2.45) is 0 Å². The zero-order valence-electron chi connectivity index (χ0n) is 20.7. The fourth-order valence-electron chi connectivity index (χ4n) is 2.18. The second-order valence-electron chi connectivity index (χ2n) is 10.6. The van der Waals surface area contributed by atoms with Gasteiger partial charge < -0.3 is 13.6 Å². The van der Waals surface area contributed by atoms with Gasteiger partial charge in [0.05, 0.1) is 18.8 Å². The van der Waals surface area contributed by atoms with Gasteiger partial charge in [0.2, 0.25) is 0 Å². The monoisotopic (exact) mass is 440 g/mol. The summed E-state index contributed by atoms with van der Waals surface area (Å²) in [6, 6.07) is 0. The molecule has 0 aromatic rings. The molecule has 2 atom stereocenters. The molecule has 0 spiro atoms. The van der Waals surface area contributed by atoms with Crippen LogP contribution in [0.4, 0.5) is 0 Å². The summed E-state index contributed by atoms with van der Waals surface area (Å²) < 4.78 is 18.1. The Morgan fingerprint density at radius 3 is 1.90 bits per heavy atom. The van der Waals surface area contributed by atoms with Crippen LogP contribution in [-0.2, 0) is 18.4 Å². The number of carbonyl (C=O) groups is 1. The molecular weight excluding hydrogens is 396 g/mol. The average molecular weight is 441 g/mol. The van der Waals surface area contributed by atoms with Crippen molar-refractivity contribution in [3.63, 3.8) is 0 Å². The molecule has 0 heterocycles. The lowest BCUT2D eigenvalue weighted by atomic mass is 10.1. The summed E-state index contributed by atoms with van der Waals surface area (Å²) in [6.45, 7) is 28.4. The van der Waals surface area contributed by atoms with Gasteiger partial charge in [0.15, 0.2) is 16.6 Å². The molecule has 0 aliphatic carbocycles. The third-order valence-corrected chi connectivity index (χ3v) is 15.1. The van der Waals surface area contributed by atoms with Gasteiger partial charge in [-0.2, -0.15) is 0 Å². The van der Waals surface area contributed by atoms with Crippen LogP contribution in [-0.4, -0.2) is 41.4 Å². The Balaban J connectivity index is 5.50. The summed E-state index contributed by atoms with van der Waals surface area (Å²) in [7, 11) is -3.93. The summed E-state index contributed by atoms with van der Waals surface area (Å²) >= 11 is 0. The molecule has 0 amide bonds. The van der Waals surface area contributed by atoms with Crippen molar-refractivity contribution < 1.29 is 18.4 Å². The van der Waals surface area contributed by atoms with Gasteiger partial charge >= 0.3 is 5.97 Å². The molecule has 0 radical (unpaired) electrons. The van der Waals surface area contributed by atoms with E-state index in [0.717, 1.165) is 0 Å². The van der Waals surface area contributed by atoms with Gasteiger partial charge in [0, 0.05) is 18.8 Å². The smallest absolute Gasteiger partial charge is 0.384 e. The van der Waals surface area contributed by atoms with Crippen LogP contribution in [0, 0.1) is 11.8 Å². The van der Waals surface area contributed by atoms with E-state index >= 15 is 0 Å². The Bertz CT molecular complexity index is 601. The quantitative estimate of drug-likeness (QED) is 0.139. The summed E-state index contributed by atoms with van der Waals surface area (Å²) in [6.07, 6.45) is 2.80. The minimum absolute atomic E-state index is 0.0871. The summed E-state index contributed by atoms with van der Waals surface area (Å²) in [5.74, 6) is 5.04. The Morgan fingerprint density at radius 2 is 1.48 bits per heavy atom. The van der Waals surface area contributed by atoms with E-state index in [4.69, 9.17) is 13.6 Å². The maximum Gasteiger partial charge on any atom is 0.384 e. The first kappa shape index (κ1) is 28.1. The van der Waals surface area contributed by atoms with Gasteiger partial charge in [-0.15, -0.1) is 6.58 Å². The average Bonchev–Trinajstić information content (AvgIpc) is 2.51. The number of rotatable bonds is 9. The molecule has 4 nitrogen and oxygen atoms in total. The summed E-state index contributed by atoms with van der Waals surface area (Å²) in [5.41, 5.74) is 0. The van der Waals surface area contributed by atoms with Crippen LogP contribution in [0.25, 0.3) is 0 Å². The van der Waals surface area contributed by atoms with Crippen LogP contribution in [0.3, 0.4) is 0 Å². The number of hydrogen-bond donors (Lipinski definition) is 0. The molecule has 0 aliphatic heterocycles. The normalized spacial score (nSPS) is 15.1. The van der Waals surface area contributed by atoms with Crippen LogP contribution in [0.15, 0.2) is 12.7 Å². The minimum Gasteiger partial charge on any atom is -0.456 e. The maximum absolute atomic E-state index is 11.6. The van der Waals surface area contributed by atoms with Crippen LogP contribution < -0.4 is 0 Å². The minimum atomic E-state index is -2.00. The topological polar surface area (TPSA) is 44.8 Å². The molecule has 0 aromatic carbocycles. The highest BCUT2D eigenvalue weighted by molar-refractivity contribution is 6.74. The number of ether oxygens (including phenoxy) is 1. The van der Waals surface area contributed by atoms with Crippen molar-refractivity contribution >= 4 is 22.6 Å². The molecule has 0 aromatic heterocycles. The second-order valence-corrected chi connectivity index (χ2v) is 20.1. The third kappa shape index (κ3) is 9.65. The van der Waals surface area contributed by atoms with E-state index in [9.17, 15) is 4.79 Å². The molecule has 0 bridgehead atoms. The first-order valence-corrected chi connectivity index (χ1v) is 16.4. The van der Waals surface area contributed by atoms with Gasteiger partial charge in [-0.25, -0.2) is 4.79 Å². The van der Waals surface area contributed by atoms with E-state index in [1.807, 2.05) is 6.08 Å². The lowest BCUT2D eigenvalue weighted by Crippen LogP contribution is -2.47. The first-order chi connectivity index (χ1) is 13.0. The predicted octanol–water partition coefficient (Wildman–Crippen LogP) is 6.30. The van der Waals surface area contributed by atoms with Gasteiger partial charge in [-0.3, -0.25) is 0 Å². The van der Waals surface area contributed by atoms with Crippen LogP contribution in [0.5, 0.6) is 0 Å². The fourth-order valence-corrected chi connectivity index (χ4v) is 4.85. The van der Waals surface area contributed by atoms with Crippen molar-refractivity contribution in [2.45, 2.75) is 110 Å². The van der Waals surface area contributed by atoms with Gasteiger partial charge in [0.25, 0.3) is 0 Å². The Hall–Kier alpha value is -0.876. The highest BCUT2D eigenvalue weighted by Crippen LogP contribution is 2.40. The summed E-state index contributed by atoms with van der Waals surface area (Å²) in [4.78, 5) is 11.6. The molecule has 0 rings (SSSR count). The lowest BCUT2D eigenvalue weighted by Gasteiger charge is -2.41. The van der Waals surface area contributed by atoms with Crippen molar-refractivity contribution in [3.05, 3.63) is 12.7 Å². The SMILES string of the molecule is C=C[C@H](C[C@@H](CC#CC(=O)OCC)O[Si](C)(C)C(C)(C)C)O[Si](C)(C)C(C)(C)C. The van der Waals surface area contributed by atoms with Gasteiger partial charge in [-0.1, -0.05) is 53.5 Å². The first-order valence-electron chi connectivity index (χ1n) is 10.6. The van der Waals surface area contributed by atoms with Gasteiger partial charge in [-0.05, 0) is 43.2 Å². The van der Waals surface area contributed by atoms with Crippen molar-refractivity contribution in [3.8, 4) is 11.8 Å². The van der Waals surface area contributed by atoms with Crippen molar-refractivity contribution in [2.75, 3.05) is 6.61 Å². The highest BCUT2D eigenvalue weighted by atomic mass is 28.4. The summed E-state index contributed by atoms with van der Waals surface area (Å²) in [5, 5.41) is 0.206. The fraction of sp³-hybridized carbons (Fsp3) is 0.783. The molecule has 29 heavy (non-hydrogen) atoms. The van der Waals surface area contributed by atoms with E-state index in [0.29, 0.717) is 19.4 Å². The Morgan fingerprint density at radius 1 is 1.00 bits per heavy atom. The molecule has 6 heteroatoms. The Labute approximate surface area is 182 Å². The molecule has 0 unspecified atom stereocenters. The van der Waals surface area contributed by atoms with E-state index in [2.05, 4.69) is 86.2 Å². The van der Waals surface area contributed by atoms with Gasteiger partial charge in [0.1, 0.15) is 0 Å². The van der Waals surface area contributed by atoms with Crippen LogP contribution in [0.2, 0.25) is 36.3 Å². The number of esters is 1.